The first-order valence-corrected chi connectivity index (χ1v) is 20.7. The molecule has 43 heavy (non-hydrogen) atoms. The van der Waals surface area contributed by atoms with Crippen LogP contribution in [0.5, 0.6) is 0 Å². The van der Waals surface area contributed by atoms with E-state index >= 15 is 0 Å². The summed E-state index contributed by atoms with van der Waals surface area (Å²) in [7, 11) is -0.781. The van der Waals surface area contributed by atoms with Crippen molar-refractivity contribution in [1.29, 1.82) is 0 Å². The van der Waals surface area contributed by atoms with Crippen molar-refractivity contribution in [2.45, 2.75) is 140 Å². The van der Waals surface area contributed by atoms with Crippen LogP contribution in [0.4, 0.5) is 0 Å². The Morgan fingerprint density at radius 2 is 1.98 bits per heavy atom. The number of halogens is 1. The van der Waals surface area contributed by atoms with Crippen molar-refractivity contribution >= 4 is 37.2 Å². The zero-order valence-electron chi connectivity index (χ0n) is 27.4. The van der Waals surface area contributed by atoms with E-state index in [9.17, 15) is 14.7 Å². The highest BCUT2D eigenvalue weighted by Crippen LogP contribution is 2.44. The Kier molecular flexibility index (Phi) is 14.7. The van der Waals surface area contributed by atoms with E-state index in [4.69, 9.17) is 25.8 Å². The van der Waals surface area contributed by atoms with Gasteiger partial charge in [-0.25, -0.2) is 4.79 Å². The molecule has 2 aliphatic rings. The number of ether oxygens (including phenoxy) is 3. The molecule has 0 amide bonds. The number of unbranched alkanes of at least 4 members (excludes halogenated alkanes) is 1. The first-order chi connectivity index (χ1) is 20.3. The molecule has 2 N–H and O–H groups in total. The van der Waals surface area contributed by atoms with E-state index in [1.54, 1.807) is 0 Å². The maximum atomic E-state index is 11.8. The molecule has 1 aromatic heterocycles. The molecule has 1 saturated carbocycles. The molecule has 0 spiro atoms. The average Bonchev–Trinajstić information content (AvgIpc) is 3.53. The highest BCUT2D eigenvalue weighted by Gasteiger charge is 2.43. The van der Waals surface area contributed by atoms with E-state index in [-0.39, 0.29) is 40.6 Å². The fourth-order valence-corrected chi connectivity index (χ4v) is 8.81. The summed E-state index contributed by atoms with van der Waals surface area (Å²) in [6.07, 6.45) is 15.2. The Morgan fingerprint density at radius 3 is 2.65 bits per heavy atom. The van der Waals surface area contributed by atoms with Gasteiger partial charge in [0.1, 0.15) is 4.88 Å². The number of hydrogen-bond acceptors (Lipinski definition) is 7. The summed E-state index contributed by atoms with van der Waals surface area (Å²) in [5, 5.41) is 10.9. The zero-order chi connectivity index (χ0) is 31.6. The Bertz CT molecular complexity index is 1000. The van der Waals surface area contributed by atoms with Crippen LogP contribution in [0.15, 0.2) is 24.3 Å². The number of rotatable bonds is 17. The predicted octanol–water partition coefficient (Wildman–Crippen LogP) is 8.49. The summed E-state index contributed by atoms with van der Waals surface area (Å²) >= 11 is 8.46. The number of aliphatic hydroxyl groups is 1. The Hall–Kier alpha value is -0.743. The summed E-state index contributed by atoms with van der Waals surface area (Å²) in [5.74, 6) is 0.655. The number of hydrogen-bond donors (Lipinski definition) is 2. The molecule has 1 saturated heterocycles. The topological polar surface area (TPSA) is 85.2 Å². The van der Waals surface area contributed by atoms with Crippen LogP contribution in [-0.2, 0) is 20.6 Å². The molecule has 1 aliphatic carbocycles. The average molecular weight is 657 g/mol. The van der Waals surface area contributed by atoms with Crippen LogP contribution in [0.2, 0.25) is 18.1 Å². The molecule has 1 aromatic rings. The van der Waals surface area contributed by atoms with Crippen molar-refractivity contribution in [3.8, 4) is 0 Å². The largest absolute Gasteiger partial charge is 0.465 e. The van der Waals surface area contributed by atoms with Gasteiger partial charge in [0.05, 0.1) is 19.3 Å². The molecule has 1 aliphatic heterocycles. The third-order valence-corrected chi connectivity index (χ3v) is 15.0. The minimum atomic E-state index is -2.19. The zero-order valence-corrected chi connectivity index (χ0v) is 29.9. The molecule has 6 nitrogen and oxygen atoms in total. The number of thiophene rings is 1. The number of esters is 1. The van der Waals surface area contributed by atoms with Crippen LogP contribution < -0.4 is 0 Å². The van der Waals surface area contributed by atoms with E-state index in [1.807, 2.05) is 31.3 Å². The number of carbonyl (C=O) groups excluding carboxylic acids is 1. The predicted molar refractivity (Wildman–Crippen MR) is 179 cm³/mol. The molecular weight excluding hydrogens is 600 g/mol. The molecule has 246 valence electrons. The fourth-order valence-electron chi connectivity index (χ4n) is 6.53. The van der Waals surface area contributed by atoms with Gasteiger partial charge in [-0.05, 0) is 99.9 Å². The van der Waals surface area contributed by atoms with E-state index in [0.717, 1.165) is 83.7 Å². The van der Waals surface area contributed by atoms with Crippen molar-refractivity contribution < 1.29 is 28.9 Å². The van der Waals surface area contributed by atoms with Crippen molar-refractivity contribution in [3.05, 3.63) is 34.0 Å². The van der Waals surface area contributed by atoms with Gasteiger partial charge in [0.25, 0.3) is 0 Å². The first kappa shape index (κ1) is 36.7. The van der Waals surface area contributed by atoms with Crippen molar-refractivity contribution in [2.24, 2.45) is 17.8 Å². The second kappa shape index (κ2) is 17.3. The van der Waals surface area contributed by atoms with Gasteiger partial charge < -0.3 is 24.1 Å². The molecule has 2 fully saturated rings. The van der Waals surface area contributed by atoms with Crippen LogP contribution in [-0.4, -0.2) is 61.8 Å². The number of aliphatic hydroxyl groups excluding tert-OH is 1. The lowest BCUT2D eigenvalue weighted by atomic mass is 9.88. The number of alkyl halides is 1. The maximum absolute atomic E-state index is 11.8. The lowest BCUT2D eigenvalue weighted by Crippen LogP contribution is -2.39. The molecular formula is C34H57ClO6SSi. The third kappa shape index (κ3) is 11.5. The minimum absolute atomic E-state index is 0.00379. The third-order valence-electron chi connectivity index (χ3n) is 9.84. The van der Waals surface area contributed by atoms with Gasteiger partial charge in [-0.2, -0.15) is 0 Å². The molecule has 7 atom stereocenters. The van der Waals surface area contributed by atoms with Crippen LogP contribution in [0.25, 0.3) is 0 Å². The van der Waals surface area contributed by atoms with Gasteiger partial charge in [0, 0.05) is 22.8 Å². The van der Waals surface area contributed by atoms with Crippen molar-refractivity contribution in [1.82, 2.24) is 0 Å². The van der Waals surface area contributed by atoms with Gasteiger partial charge in [0.15, 0.2) is 14.6 Å². The second-order valence-corrected chi connectivity index (χ2v) is 20.3. The van der Waals surface area contributed by atoms with E-state index in [0.29, 0.717) is 10.8 Å². The second-order valence-electron chi connectivity index (χ2n) is 14.1. The SMILES string of the molecule is COC(=O)c1ccc(CCC[C@@H]2[C@@H](/C=C/[C@@H](O)CCCC[C@@H](C)CC(C)(C)[Si](C)(C)O)[C@H](OC3CCCCO3)C[C@H]2Cl)s1. The summed E-state index contributed by atoms with van der Waals surface area (Å²) in [6.45, 7) is 11.5. The normalized spacial score (nSPS) is 26.6. The maximum Gasteiger partial charge on any atom is 0.348 e. The summed E-state index contributed by atoms with van der Waals surface area (Å²) in [5.41, 5.74) is 0. The molecule has 0 bridgehead atoms. The van der Waals surface area contributed by atoms with E-state index < -0.39 is 14.4 Å². The molecule has 0 aromatic carbocycles. The van der Waals surface area contributed by atoms with Crippen LogP contribution in [0, 0.1) is 17.8 Å². The van der Waals surface area contributed by atoms with Crippen LogP contribution >= 0.6 is 22.9 Å². The molecule has 2 heterocycles. The number of aryl methyl sites for hydroxylation is 1. The molecule has 0 radical (unpaired) electrons. The smallest absolute Gasteiger partial charge is 0.348 e. The van der Waals surface area contributed by atoms with Crippen LogP contribution in [0.1, 0.15) is 106 Å². The number of carbonyl (C=O) groups is 1. The summed E-state index contributed by atoms with van der Waals surface area (Å²) in [6, 6.07) is 3.85. The Morgan fingerprint density at radius 1 is 1.23 bits per heavy atom. The summed E-state index contributed by atoms with van der Waals surface area (Å²) in [4.78, 5) is 24.3. The van der Waals surface area contributed by atoms with Gasteiger partial charge in [-0.3, -0.25) is 0 Å². The molecule has 1 unspecified atom stereocenters. The standard InChI is InChI=1S/C34H57ClO6SSi/c1-24(23-34(2,3)43(5,6)38)12-7-8-13-25(36)17-19-28-27(15-11-14-26-18-20-31(42-26)33(37)39-4)29(35)22-30(28)41-32-16-9-10-21-40-32/h17-20,24-25,27-30,32,36,38H,7-16,21-23H2,1-6H3/b19-17+/t24-,25+,27-,28-,29-,30-,32?/m1/s1. The quantitative estimate of drug-likeness (QED) is 0.0575. The lowest BCUT2D eigenvalue weighted by molar-refractivity contribution is -0.192. The molecule has 3 rings (SSSR count). The van der Waals surface area contributed by atoms with E-state index in [2.05, 4.69) is 26.8 Å². The fraction of sp³-hybridized carbons (Fsp3) is 0.794. The highest BCUT2D eigenvalue weighted by molar-refractivity contribution is 7.13. The minimum Gasteiger partial charge on any atom is -0.465 e. The summed E-state index contributed by atoms with van der Waals surface area (Å²) < 4.78 is 17.2. The van der Waals surface area contributed by atoms with Crippen molar-refractivity contribution in [3.63, 3.8) is 0 Å². The number of methoxy groups -OCH3 is 1. The molecule has 9 heteroatoms. The highest BCUT2D eigenvalue weighted by atomic mass is 35.5. The monoisotopic (exact) mass is 656 g/mol. The van der Waals surface area contributed by atoms with Gasteiger partial charge >= 0.3 is 5.97 Å². The first-order valence-electron chi connectivity index (χ1n) is 16.5. The van der Waals surface area contributed by atoms with Crippen LogP contribution in [0.3, 0.4) is 0 Å². The Labute approximate surface area is 270 Å². The van der Waals surface area contributed by atoms with E-state index in [1.165, 1.54) is 23.3 Å². The lowest BCUT2D eigenvalue weighted by Gasteiger charge is -2.37. The van der Waals surface area contributed by atoms with Gasteiger partial charge in [-0.1, -0.05) is 52.2 Å². The van der Waals surface area contributed by atoms with Gasteiger partial charge in [-0.15, -0.1) is 22.9 Å². The Balaban J connectivity index is 1.53. The van der Waals surface area contributed by atoms with Crippen molar-refractivity contribution in [2.75, 3.05) is 13.7 Å². The van der Waals surface area contributed by atoms with Gasteiger partial charge in [0.2, 0.25) is 0 Å².